The van der Waals surface area contributed by atoms with Crippen molar-refractivity contribution in [3.05, 3.63) is 198 Å². The molecule has 0 N–H and O–H groups in total. The summed E-state index contributed by atoms with van der Waals surface area (Å²) in [6.07, 6.45) is 14.6. The Morgan fingerprint density at radius 2 is 1.12 bits per heavy atom. The third-order valence-electron chi connectivity index (χ3n) is 9.60. The van der Waals surface area contributed by atoms with Gasteiger partial charge in [-0.2, -0.15) is 0 Å². The number of nitrogens with zero attached hydrogens (tertiary/aromatic N) is 2. The van der Waals surface area contributed by atoms with E-state index in [1.807, 2.05) is 0 Å². The van der Waals surface area contributed by atoms with Crippen LogP contribution in [0.2, 0.25) is 0 Å². The van der Waals surface area contributed by atoms with E-state index in [1.165, 1.54) is 55.7 Å². The van der Waals surface area contributed by atoms with Crippen LogP contribution in [0.4, 0.5) is 28.4 Å². The third kappa shape index (κ3) is 5.46. The van der Waals surface area contributed by atoms with Gasteiger partial charge in [-0.25, -0.2) is 0 Å². The van der Waals surface area contributed by atoms with Crippen molar-refractivity contribution < 1.29 is 0 Å². The largest absolute Gasteiger partial charge is 0.310 e. The van der Waals surface area contributed by atoms with Crippen LogP contribution in [0, 0.1) is 19.8 Å². The molecule has 0 radical (unpaired) electrons. The van der Waals surface area contributed by atoms with E-state index in [2.05, 4.69) is 200 Å². The zero-order chi connectivity index (χ0) is 32.5. The van der Waals surface area contributed by atoms with E-state index in [0.717, 1.165) is 23.5 Å². The predicted molar refractivity (Wildman–Crippen MR) is 205 cm³/mol. The van der Waals surface area contributed by atoms with Crippen LogP contribution in [0.25, 0.3) is 21.9 Å². The first-order chi connectivity index (χ1) is 23.7. The molecule has 0 heterocycles. The van der Waals surface area contributed by atoms with Gasteiger partial charge < -0.3 is 9.80 Å². The van der Waals surface area contributed by atoms with Gasteiger partial charge in [0.15, 0.2) is 0 Å². The van der Waals surface area contributed by atoms with Crippen molar-refractivity contribution in [2.45, 2.75) is 20.3 Å². The standard InChI is InChI=1S/C46H38N2/c1-33-31-39(47(37-19-5-3-6-20-37)45-25-13-17-35-15-9-11-23-43(35)45)27-29-41(33)42-30-28-40(32-34(42)2)48(38-21-7-4-8-22-38)46-26-14-18-36-16-10-12-24-44(36)46/h3-17,19-32,36H,18H2,1-2H3. The maximum atomic E-state index is 2.41. The Morgan fingerprint density at radius 1 is 0.521 bits per heavy atom. The van der Waals surface area contributed by atoms with Crippen LogP contribution in [0.5, 0.6) is 0 Å². The second kappa shape index (κ2) is 12.7. The van der Waals surface area contributed by atoms with Crippen LogP contribution in [0.1, 0.15) is 17.5 Å². The fourth-order valence-electron chi connectivity index (χ4n) is 7.28. The molecule has 6 aromatic carbocycles. The van der Waals surface area contributed by atoms with Gasteiger partial charge in [0.1, 0.15) is 0 Å². The van der Waals surface area contributed by atoms with Gasteiger partial charge >= 0.3 is 0 Å². The molecule has 2 heteroatoms. The van der Waals surface area contributed by atoms with Gasteiger partial charge in [0, 0.05) is 39.8 Å². The van der Waals surface area contributed by atoms with Gasteiger partial charge in [0.25, 0.3) is 0 Å². The summed E-state index contributed by atoms with van der Waals surface area (Å²) >= 11 is 0. The van der Waals surface area contributed by atoms with Gasteiger partial charge in [0.2, 0.25) is 0 Å². The Balaban J connectivity index is 1.20. The van der Waals surface area contributed by atoms with E-state index in [4.69, 9.17) is 0 Å². The van der Waals surface area contributed by atoms with Crippen molar-refractivity contribution in [3.63, 3.8) is 0 Å². The summed E-state index contributed by atoms with van der Waals surface area (Å²) in [5, 5.41) is 2.46. The molecule has 0 aliphatic heterocycles. The Labute approximate surface area is 283 Å². The Morgan fingerprint density at radius 3 is 1.81 bits per heavy atom. The third-order valence-corrected chi connectivity index (χ3v) is 9.60. The number of allylic oxidation sites excluding steroid dienone is 7. The first kappa shape index (κ1) is 29.5. The molecule has 2 nitrogen and oxygen atoms in total. The average molecular weight is 619 g/mol. The molecule has 8 rings (SSSR count). The lowest BCUT2D eigenvalue weighted by Crippen LogP contribution is -2.21. The fraction of sp³-hybridized carbons (Fsp3) is 0.0870. The molecule has 0 spiro atoms. The number of hydrogen-bond donors (Lipinski definition) is 0. The van der Waals surface area contributed by atoms with Crippen LogP contribution in [0.3, 0.4) is 0 Å². The van der Waals surface area contributed by atoms with Crippen LogP contribution in [-0.4, -0.2) is 0 Å². The normalized spacial score (nSPS) is 15.1. The highest BCUT2D eigenvalue weighted by Crippen LogP contribution is 2.42. The van der Waals surface area contributed by atoms with E-state index in [0.29, 0.717) is 5.92 Å². The van der Waals surface area contributed by atoms with Gasteiger partial charge in [-0.05, 0) is 114 Å². The first-order valence-corrected chi connectivity index (χ1v) is 16.8. The molecular formula is C46H38N2. The van der Waals surface area contributed by atoms with E-state index >= 15 is 0 Å². The number of aryl methyl sites for hydroxylation is 2. The van der Waals surface area contributed by atoms with Crippen LogP contribution < -0.4 is 9.80 Å². The summed E-state index contributed by atoms with van der Waals surface area (Å²) in [5.74, 6) is 0.409. The summed E-state index contributed by atoms with van der Waals surface area (Å²) in [6, 6.07) is 50.4. The summed E-state index contributed by atoms with van der Waals surface area (Å²) in [7, 11) is 0. The molecule has 232 valence electrons. The Bertz CT molecular complexity index is 2230. The van der Waals surface area contributed by atoms with Gasteiger partial charge in [0.05, 0.1) is 5.69 Å². The molecule has 0 amide bonds. The highest BCUT2D eigenvalue weighted by Gasteiger charge is 2.24. The quantitative estimate of drug-likeness (QED) is 0.176. The molecule has 2 aliphatic rings. The van der Waals surface area contributed by atoms with Crippen molar-refractivity contribution in [3.8, 4) is 11.1 Å². The second-order valence-electron chi connectivity index (χ2n) is 12.7. The molecule has 0 saturated carbocycles. The maximum absolute atomic E-state index is 2.41. The van der Waals surface area contributed by atoms with Crippen molar-refractivity contribution in [2.24, 2.45) is 5.92 Å². The predicted octanol–water partition coefficient (Wildman–Crippen LogP) is 12.7. The lowest BCUT2D eigenvalue weighted by Gasteiger charge is -2.33. The number of benzene rings is 6. The first-order valence-electron chi connectivity index (χ1n) is 16.8. The molecule has 1 unspecified atom stereocenters. The zero-order valence-corrected chi connectivity index (χ0v) is 27.4. The second-order valence-corrected chi connectivity index (χ2v) is 12.7. The van der Waals surface area contributed by atoms with E-state index in [9.17, 15) is 0 Å². The van der Waals surface area contributed by atoms with Crippen LogP contribution in [-0.2, 0) is 0 Å². The SMILES string of the molecule is Cc1cc(N(C2=C3C=CC=CC3CC=C2)c2ccccc2)ccc1-c1ccc(N(c2ccccc2)c2cccc3ccccc23)cc1C. The number of para-hydroxylation sites is 2. The smallest absolute Gasteiger partial charge is 0.0540 e. The van der Waals surface area contributed by atoms with Gasteiger partial charge in [-0.3, -0.25) is 0 Å². The minimum Gasteiger partial charge on any atom is -0.310 e. The van der Waals surface area contributed by atoms with E-state index in [-0.39, 0.29) is 0 Å². The van der Waals surface area contributed by atoms with E-state index < -0.39 is 0 Å². The lowest BCUT2D eigenvalue weighted by atomic mass is 9.86. The molecule has 0 saturated heterocycles. The molecule has 6 aromatic rings. The van der Waals surface area contributed by atoms with Crippen LogP contribution >= 0.6 is 0 Å². The van der Waals surface area contributed by atoms with E-state index in [1.54, 1.807) is 0 Å². The molecule has 0 bridgehead atoms. The minimum absolute atomic E-state index is 0.409. The lowest BCUT2D eigenvalue weighted by molar-refractivity contribution is 0.763. The maximum Gasteiger partial charge on any atom is 0.0540 e. The fourth-order valence-corrected chi connectivity index (χ4v) is 7.28. The minimum atomic E-state index is 0.409. The molecule has 2 aliphatic carbocycles. The number of anilines is 5. The number of fused-ring (bicyclic) bond motifs is 2. The Hall–Kier alpha value is -5.86. The van der Waals surface area contributed by atoms with Crippen molar-refractivity contribution >= 4 is 39.2 Å². The molecule has 0 fully saturated rings. The number of rotatable bonds is 7. The highest BCUT2D eigenvalue weighted by atomic mass is 15.2. The van der Waals surface area contributed by atoms with Crippen LogP contribution in [0.15, 0.2) is 187 Å². The molecular weight excluding hydrogens is 581 g/mol. The Kier molecular flexibility index (Phi) is 7.84. The number of hydrogen-bond acceptors (Lipinski definition) is 2. The average Bonchev–Trinajstić information content (AvgIpc) is 3.13. The summed E-state index contributed by atoms with van der Waals surface area (Å²) in [6.45, 7) is 4.47. The molecule has 1 atom stereocenters. The summed E-state index contributed by atoms with van der Waals surface area (Å²) < 4.78 is 0. The van der Waals surface area contributed by atoms with Crippen molar-refractivity contribution in [1.29, 1.82) is 0 Å². The van der Waals surface area contributed by atoms with Gasteiger partial charge in [-0.1, -0.05) is 115 Å². The van der Waals surface area contributed by atoms with Gasteiger partial charge in [-0.15, -0.1) is 0 Å². The summed E-state index contributed by atoms with van der Waals surface area (Å²) in [4.78, 5) is 4.79. The van der Waals surface area contributed by atoms with Crippen molar-refractivity contribution in [2.75, 3.05) is 9.80 Å². The topological polar surface area (TPSA) is 6.48 Å². The monoisotopic (exact) mass is 618 g/mol. The summed E-state index contributed by atoms with van der Waals surface area (Å²) in [5.41, 5.74) is 13.4. The van der Waals surface area contributed by atoms with Crippen molar-refractivity contribution in [1.82, 2.24) is 0 Å². The molecule has 0 aromatic heterocycles. The highest BCUT2D eigenvalue weighted by molar-refractivity contribution is 5.99. The molecule has 48 heavy (non-hydrogen) atoms. The zero-order valence-electron chi connectivity index (χ0n) is 27.4.